The molecule has 1 aromatic heterocycles. The maximum Gasteiger partial charge on any atom is 0.381 e. The average Bonchev–Trinajstić information content (AvgIpc) is 2.46. The lowest BCUT2D eigenvalue weighted by molar-refractivity contribution is -0.137. The van der Waals surface area contributed by atoms with Gasteiger partial charge in [-0.15, -0.1) is 29.8 Å². The Labute approximate surface area is 113 Å². The van der Waals surface area contributed by atoms with Crippen molar-refractivity contribution in [1.29, 1.82) is 0 Å². The van der Waals surface area contributed by atoms with Crippen LogP contribution in [0.3, 0.4) is 0 Å². The Bertz CT molecular complexity index is 740. The summed E-state index contributed by atoms with van der Waals surface area (Å²) >= 11 is 0. The molecule has 0 aliphatic carbocycles. The summed E-state index contributed by atoms with van der Waals surface area (Å²) in [5, 5.41) is 1.89. The van der Waals surface area contributed by atoms with E-state index in [0.29, 0.717) is 11.3 Å². The molecule has 100 valence electrons. The van der Waals surface area contributed by atoms with Crippen LogP contribution in [-0.4, -0.2) is 4.98 Å². The molecule has 4 heteroatoms. The summed E-state index contributed by atoms with van der Waals surface area (Å²) in [5.41, 5.74) is 0.480. The molecular weight excluding hydrogens is 263 g/mol. The molecule has 3 rings (SSSR count). The van der Waals surface area contributed by atoms with Gasteiger partial charge in [0, 0.05) is 6.20 Å². The second-order valence-electron chi connectivity index (χ2n) is 4.37. The highest BCUT2D eigenvalue weighted by molar-refractivity contribution is 5.94. The maximum atomic E-state index is 12.5. The van der Waals surface area contributed by atoms with E-state index in [0.717, 1.165) is 22.9 Å². The molecule has 0 N–H and O–H groups in total. The molecule has 0 amide bonds. The topological polar surface area (TPSA) is 12.9 Å². The lowest BCUT2D eigenvalue weighted by Crippen LogP contribution is -2.04. The standard InChI is InChI=1S/C16H9F3N/c17-16(18,19)13-7-5-12(6-8-13)15-14-4-2-1-3-11(14)9-10-20-15/h1-5,7-10H/q-1. The van der Waals surface area contributed by atoms with Gasteiger partial charge in [0.2, 0.25) is 0 Å². The molecule has 20 heavy (non-hydrogen) atoms. The summed E-state index contributed by atoms with van der Waals surface area (Å²) < 4.78 is 37.6. The summed E-state index contributed by atoms with van der Waals surface area (Å²) in [7, 11) is 0. The van der Waals surface area contributed by atoms with Crippen molar-refractivity contribution in [2.24, 2.45) is 0 Å². The van der Waals surface area contributed by atoms with Gasteiger partial charge in [0.05, 0.1) is 0 Å². The van der Waals surface area contributed by atoms with Crippen molar-refractivity contribution in [3.8, 4) is 11.3 Å². The molecule has 0 radical (unpaired) electrons. The van der Waals surface area contributed by atoms with Crippen LogP contribution in [0.25, 0.3) is 22.0 Å². The van der Waals surface area contributed by atoms with Crippen LogP contribution in [0.4, 0.5) is 13.2 Å². The van der Waals surface area contributed by atoms with Crippen LogP contribution in [0.1, 0.15) is 5.56 Å². The number of pyridine rings is 1. The van der Waals surface area contributed by atoms with Gasteiger partial charge in [0.25, 0.3) is 0 Å². The summed E-state index contributed by atoms with van der Waals surface area (Å²) in [5.74, 6) is 0. The lowest BCUT2D eigenvalue weighted by atomic mass is 10.0. The smallest absolute Gasteiger partial charge is 0.304 e. The second-order valence-corrected chi connectivity index (χ2v) is 4.37. The third-order valence-electron chi connectivity index (χ3n) is 3.07. The van der Waals surface area contributed by atoms with Gasteiger partial charge in [-0.3, -0.25) is 0 Å². The number of aromatic nitrogens is 1. The second kappa shape index (κ2) is 4.63. The van der Waals surface area contributed by atoms with E-state index in [1.165, 1.54) is 6.07 Å². The van der Waals surface area contributed by atoms with Crippen LogP contribution in [0.5, 0.6) is 0 Å². The third-order valence-corrected chi connectivity index (χ3v) is 3.07. The number of hydrogen-bond acceptors (Lipinski definition) is 1. The maximum absolute atomic E-state index is 12.5. The molecule has 3 aromatic rings. The molecule has 0 atom stereocenters. The molecule has 1 nitrogen and oxygen atoms in total. The van der Waals surface area contributed by atoms with E-state index in [4.69, 9.17) is 0 Å². The number of benzene rings is 2. The average molecular weight is 272 g/mol. The van der Waals surface area contributed by atoms with Gasteiger partial charge in [-0.2, -0.15) is 13.2 Å². The highest BCUT2D eigenvalue weighted by atomic mass is 19.4. The fourth-order valence-corrected chi connectivity index (χ4v) is 2.08. The Morgan fingerprint density at radius 2 is 1.75 bits per heavy atom. The predicted molar refractivity (Wildman–Crippen MR) is 71.0 cm³/mol. The minimum atomic E-state index is -4.35. The van der Waals surface area contributed by atoms with E-state index in [2.05, 4.69) is 11.1 Å². The van der Waals surface area contributed by atoms with Crippen LogP contribution in [0.2, 0.25) is 0 Å². The van der Waals surface area contributed by atoms with Crippen molar-refractivity contribution in [2.45, 2.75) is 6.18 Å². The Kier molecular flexibility index (Phi) is 2.93. The number of halogens is 3. The molecule has 0 bridgehead atoms. The first kappa shape index (κ1) is 12.7. The quantitative estimate of drug-likeness (QED) is 0.584. The molecule has 0 aliphatic heterocycles. The Hall–Kier alpha value is -2.36. The Morgan fingerprint density at radius 3 is 2.45 bits per heavy atom. The first-order valence-electron chi connectivity index (χ1n) is 5.99. The zero-order valence-electron chi connectivity index (χ0n) is 10.3. The summed E-state index contributed by atoms with van der Waals surface area (Å²) in [4.78, 5) is 4.26. The molecule has 2 aromatic carbocycles. The largest absolute Gasteiger partial charge is 0.381 e. The van der Waals surface area contributed by atoms with Gasteiger partial charge < -0.3 is 4.98 Å². The molecule has 0 saturated carbocycles. The molecule has 0 fully saturated rings. The van der Waals surface area contributed by atoms with E-state index in [1.54, 1.807) is 6.20 Å². The zero-order chi connectivity index (χ0) is 14.2. The van der Waals surface area contributed by atoms with E-state index < -0.39 is 11.7 Å². The van der Waals surface area contributed by atoms with E-state index in [1.807, 2.05) is 30.3 Å². The van der Waals surface area contributed by atoms with Gasteiger partial charge in [-0.05, 0) is 28.1 Å². The zero-order valence-corrected chi connectivity index (χ0v) is 10.3. The first-order chi connectivity index (χ1) is 9.55. The van der Waals surface area contributed by atoms with Crippen molar-refractivity contribution in [3.05, 3.63) is 66.4 Å². The molecule has 0 saturated heterocycles. The number of alkyl halides is 3. The summed E-state index contributed by atoms with van der Waals surface area (Å²) in [6.07, 6.45) is -2.70. The van der Waals surface area contributed by atoms with Gasteiger partial charge in [0.1, 0.15) is 0 Å². The van der Waals surface area contributed by atoms with Crippen molar-refractivity contribution in [1.82, 2.24) is 4.98 Å². The number of rotatable bonds is 1. The molecule has 0 spiro atoms. The molecule has 1 heterocycles. The van der Waals surface area contributed by atoms with Crippen molar-refractivity contribution >= 4 is 10.8 Å². The van der Waals surface area contributed by atoms with Crippen LogP contribution < -0.4 is 0 Å². The fourth-order valence-electron chi connectivity index (χ4n) is 2.08. The monoisotopic (exact) mass is 272 g/mol. The van der Waals surface area contributed by atoms with E-state index in [9.17, 15) is 13.2 Å². The van der Waals surface area contributed by atoms with Crippen LogP contribution in [0, 0.1) is 6.07 Å². The van der Waals surface area contributed by atoms with Gasteiger partial charge >= 0.3 is 6.18 Å². The highest BCUT2D eigenvalue weighted by Crippen LogP contribution is 2.31. The number of nitrogens with zero attached hydrogens (tertiary/aromatic N) is 1. The first-order valence-corrected chi connectivity index (χ1v) is 5.99. The fraction of sp³-hybridized carbons (Fsp3) is 0.0625. The van der Waals surface area contributed by atoms with Gasteiger partial charge in [-0.25, -0.2) is 0 Å². The molecule has 0 unspecified atom stereocenters. The SMILES string of the molecule is FC(F)(F)c1c[c-]c(-c2nccc3ccccc23)cc1. The van der Waals surface area contributed by atoms with E-state index >= 15 is 0 Å². The van der Waals surface area contributed by atoms with Crippen LogP contribution >= 0.6 is 0 Å². The number of fused-ring (bicyclic) bond motifs is 1. The Morgan fingerprint density at radius 1 is 0.950 bits per heavy atom. The molecular formula is C16H9F3N-. The summed E-state index contributed by atoms with van der Waals surface area (Å²) in [6, 6.07) is 15.5. The van der Waals surface area contributed by atoms with Gasteiger partial charge in [0.15, 0.2) is 0 Å². The number of hydrogen-bond donors (Lipinski definition) is 0. The predicted octanol–water partition coefficient (Wildman–Crippen LogP) is 4.72. The molecule has 0 aliphatic rings. The third kappa shape index (κ3) is 2.25. The Balaban J connectivity index is 2.12. The van der Waals surface area contributed by atoms with E-state index in [-0.39, 0.29) is 0 Å². The van der Waals surface area contributed by atoms with Gasteiger partial charge in [-0.1, -0.05) is 24.3 Å². The minimum absolute atomic E-state index is 0.551. The van der Waals surface area contributed by atoms with Crippen LogP contribution in [-0.2, 0) is 6.18 Å². The highest BCUT2D eigenvalue weighted by Gasteiger charge is 2.25. The van der Waals surface area contributed by atoms with Crippen molar-refractivity contribution in [2.75, 3.05) is 0 Å². The van der Waals surface area contributed by atoms with Crippen molar-refractivity contribution < 1.29 is 13.2 Å². The van der Waals surface area contributed by atoms with Crippen LogP contribution in [0.15, 0.2) is 54.7 Å². The summed E-state index contributed by atoms with van der Waals surface area (Å²) in [6.45, 7) is 0. The lowest BCUT2D eigenvalue weighted by Gasteiger charge is -2.15. The normalized spacial score (nSPS) is 11.8. The minimum Gasteiger partial charge on any atom is -0.304 e. The van der Waals surface area contributed by atoms with Crippen molar-refractivity contribution in [3.63, 3.8) is 0 Å².